The molecule has 0 amide bonds. The van der Waals surface area contributed by atoms with Gasteiger partial charge in [-0.15, -0.1) is 0 Å². The van der Waals surface area contributed by atoms with E-state index in [0.29, 0.717) is 33.9 Å². The van der Waals surface area contributed by atoms with Crippen LogP contribution in [0, 0.1) is 6.92 Å². The Labute approximate surface area is 169 Å². The summed E-state index contributed by atoms with van der Waals surface area (Å²) in [5.41, 5.74) is 1.21. The van der Waals surface area contributed by atoms with Crippen molar-refractivity contribution in [3.63, 3.8) is 0 Å². The van der Waals surface area contributed by atoms with Crippen molar-refractivity contribution in [2.75, 3.05) is 12.1 Å². The first-order valence-electron chi connectivity index (χ1n) is 7.25. The van der Waals surface area contributed by atoms with Gasteiger partial charge in [-0.05, 0) is 18.2 Å². The summed E-state index contributed by atoms with van der Waals surface area (Å²) in [7, 11) is 0. The number of hydrogen-bond acceptors (Lipinski definition) is 7. The second kappa shape index (κ2) is 8.31. The second-order valence-corrected chi connectivity index (χ2v) is 4.74. The Morgan fingerprint density at radius 3 is 2.64 bits per heavy atom. The molecule has 1 radical (unpaired) electrons. The zero-order valence-electron chi connectivity index (χ0n) is 13.6. The Morgan fingerprint density at radius 1 is 1.08 bits per heavy atom. The van der Waals surface area contributed by atoms with Gasteiger partial charge in [0, 0.05) is 44.2 Å². The Bertz CT molecular complexity index is 889. The van der Waals surface area contributed by atoms with Crippen LogP contribution < -0.4 is 14.8 Å². The molecule has 127 valence electrons. The van der Waals surface area contributed by atoms with Crippen LogP contribution in [-0.4, -0.2) is 27.0 Å². The minimum Gasteiger partial charge on any atom is -0.504 e. The molecule has 4 rings (SSSR count). The minimum atomic E-state index is -0.233. The van der Waals surface area contributed by atoms with E-state index < -0.39 is 0 Å². The van der Waals surface area contributed by atoms with Gasteiger partial charge < -0.3 is 31.9 Å². The third kappa shape index (κ3) is 3.77. The summed E-state index contributed by atoms with van der Waals surface area (Å²) in [6.07, 6.45) is 1.38. The van der Waals surface area contributed by atoms with Crippen LogP contribution in [0.15, 0.2) is 36.7 Å². The molecule has 0 unspecified atom stereocenters. The monoisotopic (exact) mass is 415 g/mol. The van der Waals surface area contributed by atoms with Gasteiger partial charge >= 0.3 is 0 Å². The number of ether oxygens (including phenoxy) is 2. The molecule has 25 heavy (non-hydrogen) atoms. The molecule has 0 spiro atoms. The predicted octanol–water partition coefficient (Wildman–Crippen LogP) is 3.35. The SMILES string of the molecule is Oc1cc2ncnc(Nc3cccc4c3OCO4)c2cc1O.[CH2-]C.[Y]. The number of nitrogens with one attached hydrogen (secondary N) is 1. The molecule has 8 heteroatoms. The fourth-order valence-corrected chi connectivity index (χ4v) is 2.34. The van der Waals surface area contributed by atoms with Crippen molar-refractivity contribution < 1.29 is 52.4 Å². The van der Waals surface area contributed by atoms with Gasteiger partial charge in [-0.3, -0.25) is 0 Å². The first-order chi connectivity index (χ1) is 11.7. The number of rotatable bonds is 2. The van der Waals surface area contributed by atoms with Crippen LogP contribution >= 0.6 is 0 Å². The number of aromatic nitrogens is 2. The van der Waals surface area contributed by atoms with Crippen LogP contribution in [0.1, 0.15) is 6.92 Å². The van der Waals surface area contributed by atoms with E-state index in [1.54, 1.807) is 6.92 Å². The molecule has 3 aromatic rings. The molecule has 2 heterocycles. The number of para-hydroxylation sites is 1. The van der Waals surface area contributed by atoms with E-state index in [1.165, 1.54) is 18.5 Å². The molecular weight excluding hydrogens is 399 g/mol. The van der Waals surface area contributed by atoms with E-state index in [1.807, 2.05) is 18.2 Å². The minimum absolute atomic E-state index is 0. The molecule has 2 aromatic carbocycles. The maximum Gasteiger partial charge on any atom is 0.231 e. The summed E-state index contributed by atoms with van der Waals surface area (Å²) in [5, 5.41) is 23.0. The van der Waals surface area contributed by atoms with Crippen LogP contribution in [0.5, 0.6) is 23.0 Å². The zero-order valence-corrected chi connectivity index (χ0v) is 16.4. The van der Waals surface area contributed by atoms with E-state index in [2.05, 4.69) is 22.2 Å². The summed E-state index contributed by atoms with van der Waals surface area (Å²) in [6.45, 7) is 5.17. The molecule has 0 bridgehead atoms. The van der Waals surface area contributed by atoms with Crippen LogP contribution in [0.25, 0.3) is 10.9 Å². The third-order valence-electron chi connectivity index (χ3n) is 3.38. The maximum absolute atomic E-state index is 9.68. The van der Waals surface area contributed by atoms with E-state index >= 15 is 0 Å². The molecule has 0 aliphatic carbocycles. The zero-order chi connectivity index (χ0) is 17.1. The number of hydrogen-bond donors (Lipinski definition) is 3. The Morgan fingerprint density at radius 2 is 1.84 bits per heavy atom. The van der Waals surface area contributed by atoms with Gasteiger partial charge in [0.25, 0.3) is 0 Å². The number of phenolic OH excluding ortho intramolecular Hbond substituents is 2. The average molecular weight is 415 g/mol. The quantitative estimate of drug-likeness (QED) is 0.436. The molecule has 0 atom stereocenters. The van der Waals surface area contributed by atoms with E-state index in [4.69, 9.17) is 9.47 Å². The number of anilines is 2. The number of nitrogens with zero attached hydrogens (tertiary/aromatic N) is 2. The first kappa shape index (κ1) is 19.2. The van der Waals surface area contributed by atoms with Crippen molar-refractivity contribution in [3.8, 4) is 23.0 Å². The molecule has 1 aliphatic rings. The smallest absolute Gasteiger partial charge is 0.231 e. The van der Waals surface area contributed by atoms with Crippen molar-refractivity contribution in [2.24, 2.45) is 0 Å². The van der Waals surface area contributed by atoms with Crippen molar-refractivity contribution in [1.29, 1.82) is 0 Å². The van der Waals surface area contributed by atoms with Gasteiger partial charge in [-0.1, -0.05) is 6.07 Å². The third-order valence-corrected chi connectivity index (χ3v) is 3.38. The summed E-state index contributed by atoms with van der Waals surface area (Å²) >= 11 is 0. The second-order valence-electron chi connectivity index (χ2n) is 4.74. The van der Waals surface area contributed by atoms with E-state index in [0.717, 1.165) is 0 Å². The predicted molar refractivity (Wildman–Crippen MR) is 89.7 cm³/mol. The molecule has 0 saturated carbocycles. The van der Waals surface area contributed by atoms with E-state index in [-0.39, 0.29) is 51.0 Å². The van der Waals surface area contributed by atoms with Crippen LogP contribution in [-0.2, 0) is 32.7 Å². The van der Waals surface area contributed by atoms with Crippen molar-refractivity contribution in [3.05, 3.63) is 43.6 Å². The Balaban J connectivity index is 0.000000726. The fourth-order valence-electron chi connectivity index (χ4n) is 2.34. The van der Waals surface area contributed by atoms with Crippen LogP contribution in [0.2, 0.25) is 0 Å². The Kier molecular flexibility index (Phi) is 6.39. The van der Waals surface area contributed by atoms with Crippen molar-refractivity contribution in [1.82, 2.24) is 9.97 Å². The van der Waals surface area contributed by atoms with Gasteiger partial charge in [0.2, 0.25) is 6.79 Å². The van der Waals surface area contributed by atoms with Crippen molar-refractivity contribution in [2.45, 2.75) is 6.92 Å². The van der Waals surface area contributed by atoms with E-state index in [9.17, 15) is 10.2 Å². The molecule has 1 aliphatic heterocycles. The van der Waals surface area contributed by atoms with Gasteiger partial charge in [0.1, 0.15) is 12.1 Å². The van der Waals surface area contributed by atoms with Gasteiger partial charge in [0.05, 0.1) is 11.2 Å². The number of benzene rings is 2. The van der Waals surface area contributed by atoms with Gasteiger partial charge in [-0.2, -0.15) is 6.92 Å². The summed E-state index contributed by atoms with van der Waals surface area (Å²) < 4.78 is 10.8. The molecule has 7 nitrogen and oxygen atoms in total. The normalized spacial score (nSPS) is 11.3. The van der Waals surface area contributed by atoms with Crippen LogP contribution in [0.3, 0.4) is 0 Å². The summed E-state index contributed by atoms with van der Waals surface area (Å²) in [5.74, 6) is 1.29. The Hall–Kier alpha value is -2.12. The molecule has 0 saturated heterocycles. The fraction of sp³-hybridized carbons (Fsp3) is 0.118. The molecule has 1 aromatic heterocycles. The summed E-state index contributed by atoms with van der Waals surface area (Å²) in [6, 6.07) is 8.28. The topological polar surface area (TPSA) is 96.7 Å². The molecular formula is C17H16N3O4Y-. The average Bonchev–Trinajstić information content (AvgIpc) is 3.08. The van der Waals surface area contributed by atoms with Crippen molar-refractivity contribution >= 4 is 22.4 Å². The molecule has 0 fully saturated rings. The largest absolute Gasteiger partial charge is 0.504 e. The number of fused-ring (bicyclic) bond motifs is 2. The summed E-state index contributed by atoms with van der Waals surface area (Å²) in [4.78, 5) is 8.27. The van der Waals surface area contributed by atoms with Gasteiger partial charge in [0.15, 0.2) is 23.0 Å². The van der Waals surface area contributed by atoms with Crippen LogP contribution in [0.4, 0.5) is 11.5 Å². The number of phenols is 2. The number of aromatic hydroxyl groups is 2. The maximum atomic E-state index is 9.68. The van der Waals surface area contributed by atoms with Gasteiger partial charge in [-0.25, -0.2) is 9.97 Å². The molecule has 3 N–H and O–H groups in total. The standard InChI is InChI=1S/C15H11N3O4.C2H5.Y/c19-11-4-8-10(5-12(11)20)16-6-17-15(8)18-9-2-1-3-13-14(9)22-7-21-13;1-2;/h1-6,19-20H,7H2,(H,16,17,18);1H2,2H3;/q;-1;. The first-order valence-corrected chi connectivity index (χ1v) is 7.25.